The fourth-order valence-corrected chi connectivity index (χ4v) is 2.46. The predicted octanol–water partition coefficient (Wildman–Crippen LogP) is 4.55. The molecule has 2 amide bonds. The number of alkyl halides is 1. The Labute approximate surface area is 127 Å². The van der Waals surface area contributed by atoms with Crippen LogP contribution in [0.2, 0.25) is 0 Å². The zero-order valence-electron chi connectivity index (χ0n) is 11.2. The topological polar surface area (TPSA) is 56.9 Å². The van der Waals surface area contributed by atoms with Gasteiger partial charge in [-0.25, -0.2) is 4.79 Å². The van der Waals surface area contributed by atoms with Gasteiger partial charge in [0.2, 0.25) is 0 Å². The van der Waals surface area contributed by atoms with Crippen molar-refractivity contribution >= 4 is 39.9 Å². The number of nitrogens with one attached hydrogen (secondary N) is 3. The summed E-state index contributed by atoms with van der Waals surface area (Å²) in [7, 11) is 0. The molecule has 0 saturated carbocycles. The van der Waals surface area contributed by atoms with Crippen molar-refractivity contribution in [3.63, 3.8) is 0 Å². The summed E-state index contributed by atoms with van der Waals surface area (Å²) in [4.78, 5) is 15.3. The van der Waals surface area contributed by atoms with Gasteiger partial charge in [0.05, 0.1) is 5.69 Å². The second-order valence-corrected chi connectivity index (χ2v) is 4.88. The number of benzene rings is 2. The molecule has 4 nitrogen and oxygen atoms in total. The van der Waals surface area contributed by atoms with E-state index in [2.05, 4.69) is 15.6 Å². The molecule has 1 heterocycles. The summed E-state index contributed by atoms with van der Waals surface area (Å²) in [5.41, 5.74) is 3.34. The number of carbonyl (C=O) groups is 1. The fourth-order valence-electron chi connectivity index (χ4n) is 2.23. The average molecular weight is 300 g/mol. The first-order valence-corrected chi connectivity index (χ1v) is 7.09. The van der Waals surface area contributed by atoms with E-state index < -0.39 is 0 Å². The minimum atomic E-state index is -0.290. The Kier molecular flexibility index (Phi) is 3.79. The lowest BCUT2D eigenvalue weighted by molar-refractivity contribution is 0.262. The van der Waals surface area contributed by atoms with E-state index in [1.807, 2.05) is 54.7 Å². The second-order valence-electron chi connectivity index (χ2n) is 4.61. The average Bonchev–Trinajstić information content (AvgIpc) is 2.97. The lowest BCUT2D eigenvalue weighted by Crippen LogP contribution is -2.20. The van der Waals surface area contributed by atoms with Crippen molar-refractivity contribution in [1.29, 1.82) is 0 Å². The third kappa shape index (κ3) is 2.85. The normalized spacial score (nSPS) is 10.5. The number of fused-ring (bicyclic) bond motifs is 1. The van der Waals surface area contributed by atoms with E-state index in [1.165, 1.54) is 0 Å². The fraction of sp³-hybridized carbons (Fsp3) is 0.0625. The Hall–Kier alpha value is -2.46. The molecule has 0 atom stereocenters. The molecule has 3 aromatic rings. The van der Waals surface area contributed by atoms with Crippen molar-refractivity contribution in [3.05, 3.63) is 60.3 Å². The van der Waals surface area contributed by atoms with Gasteiger partial charge in [-0.05, 0) is 29.8 Å². The summed E-state index contributed by atoms with van der Waals surface area (Å²) in [6.07, 6.45) is 1.84. The summed E-state index contributed by atoms with van der Waals surface area (Å²) in [5, 5.41) is 6.65. The number of aromatic nitrogens is 1. The molecule has 1 aromatic heterocycles. The van der Waals surface area contributed by atoms with Crippen LogP contribution in [-0.4, -0.2) is 11.0 Å². The van der Waals surface area contributed by atoms with Crippen LogP contribution in [0.3, 0.4) is 0 Å². The Morgan fingerprint density at radius 3 is 2.62 bits per heavy atom. The van der Waals surface area contributed by atoms with Crippen molar-refractivity contribution in [2.75, 3.05) is 10.6 Å². The molecular formula is C16H14ClN3O. The summed E-state index contributed by atoms with van der Waals surface area (Å²) in [5.74, 6) is 0.351. The number of carbonyl (C=O) groups excluding carboxylic acids is 1. The van der Waals surface area contributed by atoms with Crippen molar-refractivity contribution < 1.29 is 4.79 Å². The third-order valence-electron chi connectivity index (χ3n) is 3.25. The zero-order valence-corrected chi connectivity index (χ0v) is 11.9. The molecule has 0 radical (unpaired) electrons. The first-order valence-electron chi connectivity index (χ1n) is 6.56. The molecule has 21 heavy (non-hydrogen) atoms. The smallest absolute Gasteiger partial charge is 0.323 e. The molecule has 0 aliphatic carbocycles. The standard InChI is InChI=1S/C16H14ClN3O/c17-10-11-4-1-2-5-13(11)19-16(21)20-15-7-3-6-14-12(15)8-9-18-14/h1-9,18H,10H2,(H2,19,20,21). The van der Waals surface area contributed by atoms with Gasteiger partial charge in [0.1, 0.15) is 0 Å². The second kappa shape index (κ2) is 5.89. The summed E-state index contributed by atoms with van der Waals surface area (Å²) >= 11 is 5.86. The maximum Gasteiger partial charge on any atom is 0.323 e. The number of rotatable bonds is 3. The van der Waals surface area contributed by atoms with E-state index in [9.17, 15) is 4.79 Å². The molecule has 106 valence electrons. The minimum absolute atomic E-state index is 0.290. The van der Waals surface area contributed by atoms with Crippen LogP contribution in [0.25, 0.3) is 10.9 Å². The quantitative estimate of drug-likeness (QED) is 0.611. The lowest BCUT2D eigenvalue weighted by atomic mass is 10.2. The molecule has 0 saturated heterocycles. The summed E-state index contributed by atoms with van der Waals surface area (Å²) in [6.45, 7) is 0. The van der Waals surface area contributed by atoms with E-state index in [4.69, 9.17) is 11.6 Å². The van der Waals surface area contributed by atoms with Crippen LogP contribution in [0.15, 0.2) is 54.7 Å². The minimum Gasteiger partial charge on any atom is -0.361 e. The molecule has 3 N–H and O–H groups in total. The first-order chi connectivity index (χ1) is 10.3. The van der Waals surface area contributed by atoms with Crippen LogP contribution in [0.5, 0.6) is 0 Å². The van der Waals surface area contributed by atoms with Gasteiger partial charge < -0.3 is 15.6 Å². The highest BCUT2D eigenvalue weighted by molar-refractivity contribution is 6.17. The van der Waals surface area contributed by atoms with E-state index in [0.717, 1.165) is 22.2 Å². The predicted molar refractivity (Wildman–Crippen MR) is 86.9 cm³/mol. The van der Waals surface area contributed by atoms with Gasteiger partial charge in [0.15, 0.2) is 0 Å². The number of amides is 2. The molecule has 2 aromatic carbocycles. The number of urea groups is 1. The largest absolute Gasteiger partial charge is 0.361 e. The van der Waals surface area contributed by atoms with Gasteiger partial charge in [-0.1, -0.05) is 24.3 Å². The third-order valence-corrected chi connectivity index (χ3v) is 3.54. The number of para-hydroxylation sites is 1. The van der Waals surface area contributed by atoms with Crippen molar-refractivity contribution in [2.45, 2.75) is 5.88 Å². The van der Waals surface area contributed by atoms with Gasteiger partial charge in [0, 0.05) is 28.7 Å². The molecule has 0 aliphatic heterocycles. The van der Waals surface area contributed by atoms with E-state index in [1.54, 1.807) is 0 Å². The Balaban J connectivity index is 1.79. The number of anilines is 2. The first kappa shape index (κ1) is 13.5. The molecule has 3 rings (SSSR count). The van der Waals surface area contributed by atoms with Gasteiger partial charge in [0.25, 0.3) is 0 Å². The van der Waals surface area contributed by atoms with Gasteiger partial charge in [-0.15, -0.1) is 11.6 Å². The molecular weight excluding hydrogens is 286 g/mol. The van der Waals surface area contributed by atoms with Crippen LogP contribution in [0.1, 0.15) is 5.56 Å². The summed E-state index contributed by atoms with van der Waals surface area (Å²) in [6, 6.07) is 14.8. The molecule has 0 aliphatic rings. The van der Waals surface area contributed by atoms with Crippen molar-refractivity contribution in [3.8, 4) is 0 Å². The summed E-state index contributed by atoms with van der Waals surface area (Å²) < 4.78 is 0. The molecule has 0 bridgehead atoms. The van der Waals surface area contributed by atoms with E-state index in [-0.39, 0.29) is 6.03 Å². The number of aromatic amines is 1. The van der Waals surface area contributed by atoms with Crippen LogP contribution >= 0.6 is 11.6 Å². The number of H-pyrrole nitrogens is 1. The maximum atomic E-state index is 12.1. The van der Waals surface area contributed by atoms with Crippen LogP contribution in [0, 0.1) is 0 Å². The van der Waals surface area contributed by atoms with Gasteiger partial charge in [-0.2, -0.15) is 0 Å². The van der Waals surface area contributed by atoms with Crippen LogP contribution in [-0.2, 0) is 5.88 Å². The highest BCUT2D eigenvalue weighted by Crippen LogP contribution is 2.23. The van der Waals surface area contributed by atoms with E-state index in [0.29, 0.717) is 11.6 Å². The number of hydrogen-bond donors (Lipinski definition) is 3. The van der Waals surface area contributed by atoms with Crippen molar-refractivity contribution in [2.24, 2.45) is 0 Å². The zero-order chi connectivity index (χ0) is 14.7. The van der Waals surface area contributed by atoms with Crippen LogP contribution in [0.4, 0.5) is 16.2 Å². The Morgan fingerprint density at radius 1 is 1.00 bits per heavy atom. The highest BCUT2D eigenvalue weighted by Gasteiger charge is 2.08. The number of hydrogen-bond acceptors (Lipinski definition) is 1. The molecule has 0 fully saturated rings. The molecule has 0 unspecified atom stereocenters. The lowest BCUT2D eigenvalue weighted by Gasteiger charge is -2.11. The van der Waals surface area contributed by atoms with Gasteiger partial charge in [-0.3, -0.25) is 0 Å². The molecule has 5 heteroatoms. The monoisotopic (exact) mass is 299 g/mol. The number of halogens is 1. The molecule has 0 spiro atoms. The van der Waals surface area contributed by atoms with Crippen molar-refractivity contribution in [1.82, 2.24) is 4.98 Å². The van der Waals surface area contributed by atoms with Gasteiger partial charge >= 0.3 is 6.03 Å². The Bertz CT molecular complexity index is 782. The maximum absolute atomic E-state index is 12.1. The van der Waals surface area contributed by atoms with E-state index >= 15 is 0 Å². The highest BCUT2D eigenvalue weighted by atomic mass is 35.5. The SMILES string of the molecule is O=C(Nc1ccccc1CCl)Nc1cccc2[nH]ccc12. The Morgan fingerprint density at radius 2 is 1.76 bits per heavy atom. The van der Waals surface area contributed by atoms with Crippen LogP contribution < -0.4 is 10.6 Å².